The van der Waals surface area contributed by atoms with Crippen molar-refractivity contribution >= 4 is 34.3 Å². The molecule has 6 heteroatoms. The maximum absolute atomic E-state index is 13.3. The highest BCUT2D eigenvalue weighted by Gasteiger charge is 2.14. The summed E-state index contributed by atoms with van der Waals surface area (Å²) in [5.74, 6) is -0.339. The molecular formula is C20H12ClFN2O2. The van der Waals surface area contributed by atoms with Gasteiger partial charge in [0.1, 0.15) is 11.3 Å². The van der Waals surface area contributed by atoms with Gasteiger partial charge in [0.2, 0.25) is 5.89 Å². The third-order valence-electron chi connectivity index (χ3n) is 3.84. The summed E-state index contributed by atoms with van der Waals surface area (Å²) in [6.07, 6.45) is 0. The van der Waals surface area contributed by atoms with E-state index in [1.807, 2.05) is 6.07 Å². The van der Waals surface area contributed by atoms with Crippen molar-refractivity contribution in [1.29, 1.82) is 0 Å². The van der Waals surface area contributed by atoms with Gasteiger partial charge in [-0.3, -0.25) is 4.79 Å². The predicted octanol–water partition coefficient (Wildman–Crippen LogP) is 5.54. The second-order valence-corrected chi connectivity index (χ2v) is 6.05. The zero-order chi connectivity index (χ0) is 18.1. The molecule has 0 radical (unpaired) electrons. The monoisotopic (exact) mass is 366 g/mol. The van der Waals surface area contributed by atoms with Crippen LogP contribution in [0.15, 0.2) is 71.1 Å². The molecule has 0 saturated heterocycles. The van der Waals surface area contributed by atoms with Crippen molar-refractivity contribution in [2.45, 2.75) is 0 Å². The van der Waals surface area contributed by atoms with Gasteiger partial charge in [0.15, 0.2) is 5.58 Å². The van der Waals surface area contributed by atoms with Gasteiger partial charge in [-0.25, -0.2) is 9.37 Å². The van der Waals surface area contributed by atoms with Crippen molar-refractivity contribution in [3.8, 4) is 11.5 Å². The fourth-order valence-electron chi connectivity index (χ4n) is 2.57. The van der Waals surface area contributed by atoms with Gasteiger partial charge < -0.3 is 9.73 Å². The number of anilines is 1. The number of nitrogens with zero attached hydrogens (tertiary/aromatic N) is 1. The Balaban J connectivity index is 1.62. The molecule has 3 aromatic carbocycles. The van der Waals surface area contributed by atoms with Crippen molar-refractivity contribution in [3.63, 3.8) is 0 Å². The molecule has 0 unspecified atom stereocenters. The Bertz CT molecular complexity index is 1110. The van der Waals surface area contributed by atoms with Crippen molar-refractivity contribution < 1.29 is 13.6 Å². The summed E-state index contributed by atoms with van der Waals surface area (Å²) in [5.41, 5.74) is 2.54. The summed E-state index contributed by atoms with van der Waals surface area (Å²) in [4.78, 5) is 16.5. The molecule has 1 N–H and O–H groups in total. The second kappa shape index (κ2) is 6.61. The minimum Gasteiger partial charge on any atom is -0.436 e. The number of fused-ring (bicyclic) bond motifs is 1. The third kappa shape index (κ3) is 3.17. The molecule has 0 aliphatic rings. The first-order valence-electron chi connectivity index (χ1n) is 7.82. The minimum atomic E-state index is -0.398. The van der Waals surface area contributed by atoms with E-state index in [1.165, 1.54) is 12.1 Å². The molecule has 0 atom stereocenters. The van der Waals surface area contributed by atoms with Crippen molar-refractivity contribution in [1.82, 2.24) is 4.98 Å². The maximum Gasteiger partial charge on any atom is 0.255 e. The molecule has 4 rings (SSSR count). The SMILES string of the molecule is O=C(Nc1ccc(-c2nc3ccc(F)cc3o2)c(Cl)c1)c1ccccc1. The number of oxazole rings is 1. The van der Waals surface area contributed by atoms with Crippen LogP contribution in [-0.4, -0.2) is 10.9 Å². The topological polar surface area (TPSA) is 55.1 Å². The van der Waals surface area contributed by atoms with Gasteiger partial charge in [-0.15, -0.1) is 0 Å². The van der Waals surface area contributed by atoms with E-state index in [9.17, 15) is 9.18 Å². The van der Waals surface area contributed by atoms with Crippen molar-refractivity contribution in [2.75, 3.05) is 5.32 Å². The lowest BCUT2D eigenvalue weighted by atomic mass is 10.2. The number of halogens is 2. The van der Waals surface area contributed by atoms with Gasteiger partial charge in [0, 0.05) is 17.3 Å². The fraction of sp³-hybridized carbons (Fsp3) is 0. The quantitative estimate of drug-likeness (QED) is 0.518. The number of hydrogen-bond donors (Lipinski definition) is 1. The van der Waals surface area contributed by atoms with Crippen LogP contribution in [0.1, 0.15) is 10.4 Å². The van der Waals surface area contributed by atoms with Gasteiger partial charge in [0.05, 0.1) is 10.6 Å². The van der Waals surface area contributed by atoms with Crippen molar-refractivity contribution in [3.05, 3.63) is 83.1 Å². The first kappa shape index (κ1) is 16.3. The van der Waals surface area contributed by atoms with Gasteiger partial charge in [-0.1, -0.05) is 29.8 Å². The van der Waals surface area contributed by atoms with Crippen molar-refractivity contribution in [2.24, 2.45) is 0 Å². The summed E-state index contributed by atoms with van der Waals surface area (Å²) in [7, 11) is 0. The maximum atomic E-state index is 13.3. The van der Waals surface area contributed by atoms with Crippen LogP contribution >= 0.6 is 11.6 Å². The van der Waals surface area contributed by atoms with E-state index in [1.54, 1.807) is 48.5 Å². The lowest BCUT2D eigenvalue weighted by molar-refractivity contribution is 0.102. The molecule has 1 aromatic heterocycles. The predicted molar refractivity (Wildman–Crippen MR) is 98.8 cm³/mol. The molecule has 4 aromatic rings. The second-order valence-electron chi connectivity index (χ2n) is 5.65. The largest absolute Gasteiger partial charge is 0.436 e. The standard InChI is InChI=1S/C20H12ClFN2O2/c21-16-11-14(23-19(25)12-4-2-1-3-5-12)7-8-15(16)20-24-17-9-6-13(22)10-18(17)26-20/h1-11H,(H,23,25). The minimum absolute atomic E-state index is 0.230. The Morgan fingerprint density at radius 3 is 2.62 bits per heavy atom. The van der Waals surface area contributed by atoms with Crippen LogP contribution in [-0.2, 0) is 0 Å². The lowest BCUT2D eigenvalue weighted by Gasteiger charge is -2.07. The molecule has 26 heavy (non-hydrogen) atoms. The van der Waals surface area contributed by atoms with Crippen LogP contribution in [0.5, 0.6) is 0 Å². The number of rotatable bonds is 3. The molecule has 0 fully saturated rings. The first-order chi connectivity index (χ1) is 12.6. The smallest absolute Gasteiger partial charge is 0.255 e. The van der Waals surface area contributed by atoms with E-state index in [4.69, 9.17) is 16.0 Å². The Morgan fingerprint density at radius 2 is 1.85 bits per heavy atom. The molecule has 0 aliphatic heterocycles. The summed E-state index contributed by atoms with van der Waals surface area (Å²) in [5, 5.41) is 3.15. The van der Waals surface area contributed by atoms with Gasteiger partial charge in [-0.05, 0) is 42.5 Å². The fourth-order valence-corrected chi connectivity index (χ4v) is 2.83. The van der Waals surface area contributed by atoms with Crippen LogP contribution in [0.3, 0.4) is 0 Å². The number of carbonyl (C=O) groups excluding carboxylic acids is 1. The normalized spacial score (nSPS) is 10.8. The number of nitrogens with one attached hydrogen (secondary N) is 1. The highest BCUT2D eigenvalue weighted by molar-refractivity contribution is 6.33. The number of aromatic nitrogens is 1. The molecule has 128 valence electrons. The average Bonchev–Trinajstić information content (AvgIpc) is 3.05. The first-order valence-corrected chi connectivity index (χ1v) is 8.20. The Kier molecular flexibility index (Phi) is 4.14. The van der Waals surface area contributed by atoms with E-state index in [0.717, 1.165) is 0 Å². The number of benzene rings is 3. The molecule has 0 saturated carbocycles. The number of hydrogen-bond acceptors (Lipinski definition) is 3. The highest BCUT2D eigenvalue weighted by Crippen LogP contribution is 2.32. The summed E-state index contributed by atoms with van der Waals surface area (Å²) in [6.45, 7) is 0. The zero-order valence-electron chi connectivity index (χ0n) is 13.4. The summed E-state index contributed by atoms with van der Waals surface area (Å²) >= 11 is 6.33. The highest BCUT2D eigenvalue weighted by atomic mass is 35.5. The summed E-state index contributed by atoms with van der Waals surface area (Å²) in [6, 6.07) is 18.0. The van der Waals surface area contributed by atoms with E-state index < -0.39 is 5.82 Å². The van der Waals surface area contributed by atoms with Crippen LogP contribution in [0.25, 0.3) is 22.6 Å². The Morgan fingerprint density at radius 1 is 1.04 bits per heavy atom. The third-order valence-corrected chi connectivity index (χ3v) is 4.16. The zero-order valence-corrected chi connectivity index (χ0v) is 14.1. The van der Waals surface area contributed by atoms with Crippen LogP contribution in [0, 0.1) is 5.82 Å². The van der Waals surface area contributed by atoms with Crippen LogP contribution in [0.4, 0.5) is 10.1 Å². The van der Waals surface area contributed by atoms with E-state index >= 15 is 0 Å². The van der Waals surface area contributed by atoms with Crippen LogP contribution in [0.2, 0.25) is 5.02 Å². The summed E-state index contributed by atoms with van der Waals surface area (Å²) < 4.78 is 18.9. The molecule has 0 bridgehead atoms. The van der Waals surface area contributed by atoms with Gasteiger partial charge in [0.25, 0.3) is 5.91 Å². The van der Waals surface area contributed by atoms with Gasteiger partial charge in [-0.2, -0.15) is 0 Å². The average molecular weight is 367 g/mol. The molecular weight excluding hydrogens is 355 g/mol. The van der Waals surface area contributed by atoms with Crippen LogP contribution < -0.4 is 5.32 Å². The molecule has 4 nitrogen and oxygen atoms in total. The van der Waals surface area contributed by atoms with E-state index in [-0.39, 0.29) is 11.8 Å². The molecule has 0 spiro atoms. The van der Waals surface area contributed by atoms with Gasteiger partial charge >= 0.3 is 0 Å². The molecule has 0 aliphatic carbocycles. The molecule has 1 heterocycles. The lowest BCUT2D eigenvalue weighted by Crippen LogP contribution is -2.11. The Hall–Kier alpha value is -3.18. The van der Waals surface area contributed by atoms with E-state index in [2.05, 4.69) is 10.3 Å². The van der Waals surface area contributed by atoms with E-state index in [0.29, 0.717) is 32.9 Å². The number of carbonyl (C=O) groups is 1. The number of amides is 1. The molecule has 1 amide bonds. The Labute approximate surface area is 153 Å².